The Morgan fingerprint density at radius 1 is 1.15 bits per heavy atom. The van der Waals surface area contributed by atoms with Crippen LogP contribution in [0.1, 0.15) is 48.9 Å². The van der Waals surface area contributed by atoms with Gasteiger partial charge in [0.25, 0.3) is 5.91 Å². The van der Waals surface area contributed by atoms with Gasteiger partial charge < -0.3 is 0 Å². The molecule has 6 heteroatoms. The van der Waals surface area contributed by atoms with Gasteiger partial charge in [0.05, 0.1) is 6.21 Å². The minimum absolute atomic E-state index is 0.103. The van der Waals surface area contributed by atoms with Crippen molar-refractivity contribution >= 4 is 28.1 Å². The molecule has 136 valence electrons. The van der Waals surface area contributed by atoms with Crippen LogP contribution in [0, 0.1) is 0 Å². The number of hydrogen-bond donors (Lipinski definition) is 3. The fraction of sp³-hybridized carbons (Fsp3) is 0.300. The van der Waals surface area contributed by atoms with Crippen LogP contribution in [-0.4, -0.2) is 18.2 Å². The molecule has 1 heterocycles. The Bertz CT molecular complexity index is 771. The molecule has 2 aromatic rings. The van der Waals surface area contributed by atoms with Crippen LogP contribution in [0.2, 0.25) is 0 Å². The third-order valence-corrected chi connectivity index (χ3v) is 5.01. The second kappa shape index (κ2) is 8.58. The number of halogens is 1. The van der Waals surface area contributed by atoms with E-state index in [1.54, 1.807) is 6.21 Å². The van der Waals surface area contributed by atoms with Crippen molar-refractivity contribution in [3.63, 3.8) is 0 Å². The maximum atomic E-state index is 12.3. The van der Waals surface area contributed by atoms with E-state index in [2.05, 4.69) is 63.3 Å². The minimum atomic E-state index is -0.316. The van der Waals surface area contributed by atoms with Gasteiger partial charge in [0, 0.05) is 10.5 Å². The number of carbonyl (C=O) groups is 1. The van der Waals surface area contributed by atoms with Gasteiger partial charge in [-0.2, -0.15) is 5.10 Å². The summed E-state index contributed by atoms with van der Waals surface area (Å²) in [5.74, 6) is 0.354. The third-order valence-electron chi connectivity index (χ3n) is 4.48. The van der Waals surface area contributed by atoms with Crippen molar-refractivity contribution in [2.45, 2.75) is 38.3 Å². The Morgan fingerprint density at radius 2 is 1.85 bits per heavy atom. The smallest absolute Gasteiger partial charge is 0.258 e. The van der Waals surface area contributed by atoms with Crippen LogP contribution in [0.4, 0.5) is 0 Å². The van der Waals surface area contributed by atoms with Crippen LogP contribution in [0.3, 0.4) is 0 Å². The Labute approximate surface area is 162 Å². The summed E-state index contributed by atoms with van der Waals surface area (Å²) >= 11 is 3.43. The molecule has 2 aromatic carbocycles. The molecule has 0 spiro atoms. The predicted octanol–water partition coefficient (Wildman–Crippen LogP) is 3.63. The molecular formula is C20H23BrN4O. The number of rotatable bonds is 5. The zero-order valence-electron chi connectivity index (χ0n) is 14.9. The van der Waals surface area contributed by atoms with Gasteiger partial charge in [-0.25, -0.2) is 16.3 Å². The molecule has 0 aromatic heterocycles. The number of nitrogens with one attached hydrogen (secondary N) is 3. The van der Waals surface area contributed by atoms with E-state index < -0.39 is 0 Å². The first kappa shape index (κ1) is 18.8. The Balaban J connectivity index is 1.51. The average molecular weight is 415 g/mol. The largest absolute Gasteiger partial charge is 0.271 e. The third kappa shape index (κ3) is 4.78. The van der Waals surface area contributed by atoms with Gasteiger partial charge in [-0.3, -0.25) is 4.79 Å². The van der Waals surface area contributed by atoms with Gasteiger partial charge in [-0.1, -0.05) is 66.2 Å². The van der Waals surface area contributed by atoms with Crippen molar-refractivity contribution in [1.29, 1.82) is 0 Å². The second-order valence-electron chi connectivity index (χ2n) is 6.74. The fourth-order valence-electron chi connectivity index (χ4n) is 2.86. The van der Waals surface area contributed by atoms with E-state index in [1.807, 2.05) is 36.4 Å². The van der Waals surface area contributed by atoms with Crippen molar-refractivity contribution in [3.8, 4) is 0 Å². The molecule has 26 heavy (non-hydrogen) atoms. The molecule has 2 unspecified atom stereocenters. The fourth-order valence-corrected chi connectivity index (χ4v) is 3.12. The molecule has 0 bridgehead atoms. The Morgan fingerprint density at radius 3 is 2.50 bits per heavy atom. The molecule has 1 amide bonds. The lowest BCUT2D eigenvalue weighted by Crippen LogP contribution is -2.41. The molecule has 3 rings (SSSR count). The maximum absolute atomic E-state index is 12.3. The molecule has 1 fully saturated rings. The van der Waals surface area contributed by atoms with E-state index in [-0.39, 0.29) is 18.0 Å². The van der Waals surface area contributed by atoms with Gasteiger partial charge in [-0.15, -0.1) is 0 Å². The summed E-state index contributed by atoms with van der Waals surface area (Å²) in [6.45, 7) is 4.32. The average Bonchev–Trinajstić information content (AvgIpc) is 3.13. The SMILES string of the molecule is CC(C)c1ccc(/C=N/NC(=O)C2CC(c3ccc(Br)cc3)NN2)cc1. The lowest BCUT2D eigenvalue weighted by molar-refractivity contribution is -0.122. The molecule has 1 saturated heterocycles. The molecule has 1 aliphatic rings. The standard InChI is InChI=1S/C20H23BrN4O/c1-13(2)15-5-3-14(4-6-15)12-22-25-20(26)19-11-18(23-24-19)16-7-9-17(21)10-8-16/h3-10,12-13,18-19,23-24H,11H2,1-2H3,(H,25,26)/b22-12+. The Kier molecular flexibility index (Phi) is 6.19. The van der Waals surface area contributed by atoms with Gasteiger partial charge in [0.15, 0.2) is 0 Å². The highest BCUT2D eigenvalue weighted by atomic mass is 79.9. The highest BCUT2D eigenvalue weighted by Crippen LogP contribution is 2.23. The molecule has 1 aliphatic heterocycles. The van der Waals surface area contributed by atoms with E-state index in [1.165, 1.54) is 5.56 Å². The summed E-state index contributed by atoms with van der Waals surface area (Å²) in [6, 6.07) is 16.0. The quantitative estimate of drug-likeness (QED) is 0.516. The van der Waals surface area contributed by atoms with Crippen molar-refractivity contribution < 1.29 is 4.79 Å². The summed E-state index contributed by atoms with van der Waals surface area (Å²) in [5.41, 5.74) is 12.2. The predicted molar refractivity (Wildman–Crippen MR) is 108 cm³/mol. The summed E-state index contributed by atoms with van der Waals surface area (Å²) in [6.07, 6.45) is 2.34. The van der Waals surface area contributed by atoms with Gasteiger partial charge >= 0.3 is 0 Å². The minimum Gasteiger partial charge on any atom is -0.271 e. The normalized spacial score (nSPS) is 20.0. The van der Waals surface area contributed by atoms with Crippen molar-refractivity contribution in [2.75, 3.05) is 0 Å². The lowest BCUT2D eigenvalue weighted by Gasteiger charge is -2.09. The zero-order valence-corrected chi connectivity index (χ0v) is 16.5. The van der Waals surface area contributed by atoms with E-state index in [0.29, 0.717) is 12.3 Å². The van der Waals surface area contributed by atoms with Crippen LogP contribution >= 0.6 is 15.9 Å². The van der Waals surface area contributed by atoms with Crippen molar-refractivity contribution in [3.05, 3.63) is 69.7 Å². The molecular weight excluding hydrogens is 392 g/mol. The summed E-state index contributed by atoms with van der Waals surface area (Å²) in [7, 11) is 0. The summed E-state index contributed by atoms with van der Waals surface area (Å²) in [4.78, 5) is 12.3. The first-order valence-electron chi connectivity index (χ1n) is 8.72. The first-order valence-corrected chi connectivity index (χ1v) is 9.51. The van der Waals surface area contributed by atoms with E-state index in [4.69, 9.17) is 0 Å². The number of hydrogen-bond acceptors (Lipinski definition) is 4. The number of hydrazine groups is 1. The number of amides is 1. The van der Waals surface area contributed by atoms with Gasteiger partial charge in [0.1, 0.15) is 6.04 Å². The first-order chi connectivity index (χ1) is 12.5. The van der Waals surface area contributed by atoms with E-state index >= 15 is 0 Å². The van der Waals surface area contributed by atoms with E-state index in [9.17, 15) is 4.79 Å². The summed E-state index contributed by atoms with van der Waals surface area (Å²) in [5, 5.41) is 4.07. The second-order valence-corrected chi connectivity index (χ2v) is 7.65. The monoisotopic (exact) mass is 414 g/mol. The lowest BCUT2D eigenvalue weighted by atomic mass is 10.0. The highest BCUT2D eigenvalue weighted by molar-refractivity contribution is 9.10. The van der Waals surface area contributed by atoms with Gasteiger partial charge in [0.2, 0.25) is 0 Å². The summed E-state index contributed by atoms with van der Waals surface area (Å²) < 4.78 is 1.04. The zero-order chi connectivity index (χ0) is 18.5. The number of benzene rings is 2. The molecule has 0 aliphatic carbocycles. The van der Waals surface area contributed by atoms with Crippen LogP contribution < -0.4 is 16.3 Å². The van der Waals surface area contributed by atoms with Crippen molar-refractivity contribution in [1.82, 2.24) is 16.3 Å². The Hall–Kier alpha value is -2.02. The maximum Gasteiger partial charge on any atom is 0.258 e. The number of hydrazone groups is 1. The molecule has 3 N–H and O–H groups in total. The highest BCUT2D eigenvalue weighted by Gasteiger charge is 2.29. The van der Waals surface area contributed by atoms with Crippen LogP contribution in [0.25, 0.3) is 0 Å². The van der Waals surface area contributed by atoms with Crippen LogP contribution in [0.15, 0.2) is 58.1 Å². The van der Waals surface area contributed by atoms with Crippen LogP contribution in [-0.2, 0) is 4.79 Å². The van der Waals surface area contributed by atoms with Crippen LogP contribution in [0.5, 0.6) is 0 Å². The van der Waals surface area contributed by atoms with Gasteiger partial charge in [-0.05, 0) is 41.2 Å². The van der Waals surface area contributed by atoms with E-state index in [0.717, 1.165) is 15.6 Å². The number of carbonyl (C=O) groups excluding carboxylic acids is 1. The van der Waals surface area contributed by atoms with Crippen molar-refractivity contribution in [2.24, 2.45) is 5.10 Å². The molecule has 0 radical (unpaired) electrons. The topological polar surface area (TPSA) is 65.5 Å². The molecule has 5 nitrogen and oxygen atoms in total. The molecule has 0 saturated carbocycles. The number of nitrogens with zero attached hydrogens (tertiary/aromatic N) is 1. The molecule has 2 atom stereocenters.